The first-order valence-electron chi connectivity index (χ1n) is 18.9. The largest absolute Gasteiger partial charge is 0.394 e. The summed E-state index contributed by atoms with van der Waals surface area (Å²) in [5.41, 5.74) is 6.49. The highest BCUT2D eigenvalue weighted by Crippen LogP contribution is 2.42. The SMILES string of the molecule is CC1=C(/C=C/C(C)=C/C=C/C(C)=C/C=C/C=C(C)/C=C/C=C(C)/C=C/C2=C(C)C(=O)C(O[C@@H]3OC(CO)[C@@H](O)[C@H](O)C3O)CC2(C)C)C(C)(C)CC(O)C1=O. The number of hydrogen-bond donors (Lipinski definition) is 5. The minimum absolute atomic E-state index is 0.190. The van der Waals surface area contributed by atoms with Gasteiger partial charge >= 0.3 is 0 Å². The van der Waals surface area contributed by atoms with E-state index in [0.717, 1.165) is 33.4 Å². The molecule has 0 saturated carbocycles. The normalized spacial score (nSPS) is 30.5. The number of rotatable bonds is 13. The molecule has 7 atom stereocenters. The minimum atomic E-state index is -1.58. The van der Waals surface area contributed by atoms with E-state index in [1.165, 1.54) is 0 Å². The summed E-state index contributed by atoms with van der Waals surface area (Å²) in [6.07, 6.45) is 19.7. The zero-order chi connectivity index (χ0) is 41.2. The number of aliphatic hydroxyl groups excluding tert-OH is 5. The molecule has 0 radical (unpaired) electrons. The van der Waals surface area contributed by atoms with Crippen molar-refractivity contribution in [3.05, 3.63) is 130 Å². The van der Waals surface area contributed by atoms with Crippen LogP contribution in [0.4, 0.5) is 0 Å². The predicted octanol–water partition coefficient (Wildman–Crippen LogP) is 6.73. The van der Waals surface area contributed by atoms with Gasteiger partial charge in [0.15, 0.2) is 17.9 Å². The van der Waals surface area contributed by atoms with Crippen LogP contribution < -0.4 is 0 Å². The van der Waals surface area contributed by atoms with Crippen molar-refractivity contribution in [2.24, 2.45) is 10.8 Å². The highest BCUT2D eigenvalue weighted by molar-refractivity contribution is 6.01. The van der Waals surface area contributed by atoms with Crippen molar-refractivity contribution in [3.63, 3.8) is 0 Å². The van der Waals surface area contributed by atoms with Gasteiger partial charge < -0.3 is 35.0 Å². The summed E-state index contributed by atoms with van der Waals surface area (Å²) in [7, 11) is 0. The van der Waals surface area contributed by atoms with Crippen molar-refractivity contribution in [3.8, 4) is 0 Å². The summed E-state index contributed by atoms with van der Waals surface area (Å²) in [6.45, 7) is 19.1. The van der Waals surface area contributed by atoms with Crippen LogP contribution in [0.1, 0.15) is 82.1 Å². The Kier molecular flexibility index (Phi) is 16.5. The van der Waals surface area contributed by atoms with E-state index in [0.29, 0.717) is 24.0 Å². The number of allylic oxidation sites excluding steroid dienone is 20. The summed E-state index contributed by atoms with van der Waals surface area (Å²) in [6, 6.07) is 0. The molecule has 0 spiro atoms. The summed E-state index contributed by atoms with van der Waals surface area (Å²) in [4.78, 5) is 25.6. The van der Waals surface area contributed by atoms with Gasteiger partial charge in [0.2, 0.25) is 0 Å². The number of carbonyl (C=O) groups excluding carboxylic acids is 2. The molecule has 1 fully saturated rings. The van der Waals surface area contributed by atoms with Crippen LogP contribution in [0, 0.1) is 10.8 Å². The van der Waals surface area contributed by atoms with E-state index in [4.69, 9.17) is 9.47 Å². The number of ether oxygens (including phenoxy) is 2. The van der Waals surface area contributed by atoms with Crippen LogP contribution in [0.25, 0.3) is 0 Å². The first kappa shape index (κ1) is 45.6. The number of carbonyl (C=O) groups is 2. The van der Waals surface area contributed by atoms with Gasteiger partial charge in [0.25, 0.3) is 0 Å². The van der Waals surface area contributed by atoms with Crippen molar-refractivity contribution in [1.29, 1.82) is 0 Å². The summed E-state index contributed by atoms with van der Waals surface area (Å²) in [5, 5.41) is 50.1. The van der Waals surface area contributed by atoms with Crippen molar-refractivity contribution in [1.82, 2.24) is 0 Å². The van der Waals surface area contributed by atoms with Crippen LogP contribution in [0.15, 0.2) is 130 Å². The quantitative estimate of drug-likeness (QED) is 0.129. The van der Waals surface area contributed by atoms with Crippen LogP contribution in [0.5, 0.6) is 0 Å². The fraction of sp³-hybridized carbons (Fsp3) is 0.478. The molecule has 300 valence electrons. The second kappa shape index (κ2) is 19.9. The Labute approximate surface area is 327 Å². The lowest BCUT2D eigenvalue weighted by Crippen LogP contribution is -2.60. The average Bonchev–Trinajstić information content (AvgIpc) is 3.10. The zero-order valence-corrected chi connectivity index (χ0v) is 34.1. The molecule has 0 aromatic carbocycles. The van der Waals surface area contributed by atoms with Crippen LogP contribution >= 0.6 is 0 Å². The van der Waals surface area contributed by atoms with E-state index >= 15 is 0 Å². The van der Waals surface area contributed by atoms with Crippen LogP contribution in [0.2, 0.25) is 0 Å². The van der Waals surface area contributed by atoms with Crippen molar-refractivity contribution < 1.29 is 44.6 Å². The van der Waals surface area contributed by atoms with E-state index in [1.807, 2.05) is 127 Å². The monoisotopic (exact) mass is 758 g/mol. The molecular formula is C46H62O9. The smallest absolute Gasteiger partial charge is 0.187 e. The first-order chi connectivity index (χ1) is 25.7. The lowest BCUT2D eigenvalue weighted by atomic mass is 9.71. The van der Waals surface area contributed by atoms with Gasteiger partial charge in [-0.05, 0) is 87.5 Å². The number of aliphatic hydroxyl groups is 5. The third-order valence-corrected chi connectivity index (χ3v) is 10.4. The average molecular weight is 759 g/mol. The highest BCUT2D eigenvalue weighted by Gasteiger charge is 2.47. The maximum atomic E-state index is 13.3. The molecule has 1 aliphatic heterocycles. The summed E-state index contributed by atoms with van der Waals surface area (Å²) < 4.78 is 11.3. The Morgan fingerprint density at radius 1 is 0.655 bits per heavy atom. The van der Waals surface area contributed by atoms with Gasteiger partial charge in [0.1, 0.15) is 36.6 Å². The fourth-order valence-corrected chi connectivity index (χ4v) is 7.05. The second-order valence-electron chi connectivity index (χ2n) is 16.2. The molecule has 4 unspecified atom stereocenters. The van der Waals surface area contributed by atoms with Crippen molar-refractivity contribution in [2.75, 3.05) is 6.61 Å². The first-order valence-corrected chi connectivity index (χ1v) is 18.9. The van der Waals surface area contributed by atoms with Gasteiger partial charge in [-0.3, -0.25) is 9.59 Å². The van der Waals surface area contributed by atoms with Gasteiger partial charge in [-0.2, -0.15) is 0 Å². The van der Waals surface area contributed by atoms with E-state index in [2.05, 4.69) is 13.8 Å². The predicted molar refractivity (Wildman–Crippen MR) is 218 cm³/mol. The molecule has 0 aromatic heterocycles. The maximum absolute atomic E-state index is 13.3. The fourth-order valence-electron chi connectivity index (χ4n) is 7.05. The molecule has 1 saturated heterocycles. The number of Topliss-reactive ketones (excluding diaryl/α,β-unsaturated/α-hetero) is 2. The van der Waals surface area contributed by atoms with Gasteiger partial charge in [-0.25, -0.2) is 0 Å². The molecule has 1 heterocycles. The number of ketones is 2. The Hall–Kier alpha value is -3.80. The van der Waals surface area contributed by atoms with Gasteiger partial charge in [-0.15, -0.1) is 0 Å². The lowest BCUT2D eigenvalue weighted by Gasteiger charge is -2.43. The highest BCUT2D eigenvalue weighted by atomic mass is 16.7. The van der Waals surface area contributed by atoms with E-state index < -0.39 is 54.9 Å². The molecule has 0 bridgehead atoms. The summed E-state index contributed by atoms with van der Waals surface area (Å²) >= 11 is 0. The van der Waals surface area contributed by atoms with Crippen molar-refractivity contribution in [2.45, 2.75) is 125 Å². The van der Waals surface area contributed by atoms with Crippen LogP contribution in [-0.4, -0.2) is 86.6 Å². The minimum Gasteiger partial charge on any atom is -0.394 e. The zero-order valence-electron chi connectivity index (χ0n) is 34.1. The topological polar surface area (TPSA) is 154 Å². The second-order valence-corrected chi connectivity index (χ2v) is 16.2. The Morgan fingerprint density at radius 2 is 1.09 bits per heavy atom. The van der Waals surface area contributed by atoms with E-state index in [-0.39, 0.29) is 17.0 Å². The van der Waals surface area contributed by atoms with Crippen molar-refractivity contribution >= 4 is 11.6 Å². The standard InChI is InChI=1S/C46H62O9/c1-28(17-13-19-30(3)21-23-34-32(5)39(49)36(48)25-45(34,7)8)15-11-12-16-29(2)18-14-20-31(4)22-24-35-33(6)40(50)37(26-46(35,9)10)54-44-43(53)42(52)41(51)38(27-47)55-44/h11-24,36-38,41-44,47-48,51-53H,25-27H2,1-10H3/b12-11+,17-13+,18-14+,23-21+,24-22+,28-15+,29-16+,30-19+,31-20+/t36?,37?,38?,41-,42+,43?,44-/m1/s1. The molecule has 55 heavy (non-hydrogen) atoms. The van der Waals surface area contributed by atoms with E-state index in [1.54, 1.807) is 13.8 Å². The third-order valence-electron chi connectivity index (χ3n) is 10.4. The molecule has 2 aliphatic carbocycles. The molecule has 0 amide bonds. The Bertz CT molecular complexity index is 1770. The molecule has 3 rings (SSSR count). The van der Waals surface area contributed by atoms with Crippen LogP contribution in [0.3, 0.4) is 0 Å². The summed E-state index contributed by atoms with van der Waals surface area (Å²) in [5.74, 6) is -0.442. The van der Waals surface area contributed by atoms with Gasteiger partial charge in [-0.1, -0.05) is 135 Å². The van der Waals surface area contributed by atoms with Crippen LogP contribution in [-0.2, 0) is 19.1 Å². The van der Waals surface area contributed by atoms with Gasteiger partial charge in [0.05, 0.1) is 6.61 Å². The van der Waals surface area contributed by atoms with Gasteiger partial charge in [0, 0.05) is 0 Å². The molecule has 0 aromatic rings. The molecule has 9 heteroatoms. The molecule has 5 N–H and O–H groups in total. The molecule has 9 nitrogen and oxygen atoms in total. The number of hydrogen-bond acceptors (Lipinski definition) is 9. The third kappa shape index (κ3) is 12.3. The lowest BCUT2D eigenvalue weighted by molar-refractivity contribution is -0.309. The Morgan fingerprint density at radius 3 is 1.58 bits per heavy atom. The van der Waals surface area contributed by atoms with E-state index in [9.17, 15) is 35.1 Å². The molecule has 3 aliphatic rings. The Balaban J connectivity index is 1.56. The maximum Gasteiger partial charge on any atom is 0.187 e. The molecular weight excluding hydrogens is 696 g/mol.